The zero-order valence-corrected chi connectivity index (χ0v) is 12.8. The van der Waals surface area contributed by atoms with Gasteiger partial charge in [-0.1, -0.05) is 41.0 Å². The maximum absolute atomic E-state index is 11.8. The van der Waals surface area contributed by atoms with Crippen molar-refractivity contribution in [1.82, 2.24) is 20.2 Å². The molecular weight excluding hydrogens is 321 g/mol. The zero-order chi connectivity index (χ0) is 14.5. The van der Waals surface area contributed by atoms with Crippen LogP contribution < -0.4 is 5.32 Å². The Bertz CT molecular complexity index is 619. The number of nitrogens with zero attached hydrogens (tertiary/aromatic N) is 4. The van der Waals surface area contributed by atoms with E-state index in [9.17, 15) is 4.79 Å². The molecule has 2 aromatic rings. The number of tetrazole rings is 1. The molecule has 0 saturated heterocycles. The Balaban J connectivity index is 1.84. The van der Waals surface area contributed by atoms with E-state index in [0.29, 0.717) is 33.1 Å². The molecule has 0 atom stereocenters. The molecule has 0 unspecified atom stereocenters. The summed E-state index contributed by atoms with van der Waals surface area (Å²) in [6.45, 7) is 0. The van der Waals surface area contributed by atoms with Crippen LogP contribution in [0.4, 0.5) is 5.69 Å². The summed E-state index contributed by atoms with van der Waals surface area (Å²) < 4.78 is 1.55. The number of rotatable bonds is 5. The number of amides is 1. The van der Waals surface area contributed by atoms with Crippen LogP contribution in [0.2, 0.25) is 10.0 Å². The number of carbonyl (C=O) groups excluding carboxylic acids is 1. The number of thioether (sulfide) groups is 1. The van der Waals surface area contributed by atoms with Crippen molar-refractivity contribution in [2.75, 3.05) is 11.1 Å². The molecule has 0 aliphatic rings. The summed E-state index contributed by atoms with van der Waals surface area (Å²) in [5.41, 5.74) is 0.509. The quantitative estimate of drug-likeness (QED) is 0.852. The van der Waals surface area contributed by atoms with E-state index in [1.165, 1.54) is 11.8 Å². The lowest BCUT2D eigenvalue weighted by atomic mass is 10.3. The highest BCUT2D eigenvalue weighted by Crippen LogP contribution is 2.29. The first-order chi connectivity index (χ1) is 9.58. The van der Waals surface area contributed by atoms with Crippen molar-refractivity contribution in [3.05, 3.63) is 28.2 Å². The summed E-state index contributed by atoms with van der Waals surface area (Å²) in [4.78, 5) is 11.8. The minimum Gasteiger partial charge on any atom is -0.325 e. The molecule has 106 valence electrons. The van der Waals surface area contributed by atoms with Crippen LogP contribution in [0.5, 0.6) is 0 Å². The van der Waals surface area contributed by atoms with Gasteiger partial charge in [-0.05, 0) is 22.6 Å². The molecule has 0 radical (unpaired) electrons. The van der Waals surface area contributed by atoms with E-state index in [-0.39, 0.29) is 5.91 Å². The number of halogens is 2. The van der Waals surface area contributed by atoms with Crippen molar-refractivity contribution in [3.8, 4) is 0 Å². The molecule has 20 heavy (non-hydrogen) atoms. The molecular formula is C11H11Cl2N5OS. The minimum atomic E-state index is -0.142. The van der Waals surface area contributed by atoms with Crippen LogP contribution >= 0.6 is 35.0 Å². The van der Waals surface area contributed by atoms with E-state index in [1.807, 2.05) is 0 Å². The Labute approximate surface area is 129 Å². The Morgan fingerprint density at radius 1 is 1.45 bits per heavy atom. The number of nitrogens with one attached hydrogen (secondary N) is 1. The highest BCUT2D eigenvalue weighted by atomic mass is 35.5. The average molecular weight is 332 g/mol. The third-order valence-corrected chi connectivity index (χ3v) is 4.20. The number of hydrogen-bond acceptors (Lipinski definition) is 5. The first-order valence-electron chi connectivity index (χ1n) is 5.67. The number of hydrogen-bond donors (Lipinski definition) is 1. The van der Waals surface area contributed by atoms with Gasteiger partial charge >= 0.3 is 0 Å². The van der Waals surface area contributed by atoms with Crippen molar-refractivity contribution in [2.45, 2.75) is 11.6 Å². The van der Waals surface area contributed by atoms with Gasteiger partial charge in [-0.2, -0.15) is 0 Å². The number of aryl methyl sites for hydroxylation is 1. The fourth-order valence-electron chi connectivity index (χ4n) is 1.39. The minimum absolute atomic E-state index is 0.142. The second-order valence-corrected chi connectivity index (χ2v) is 5.68. The molecule has 1 heterocycles. The van der Waals surface area contributed by atoms with E-state index < -0.39 is 0 Å². The molecule has 1 aromatic heterocycles. The Morgan fingerprint density at radius 2 is 2.25 bits per heavy atom. The number of anilines is 1. The highest BCUT2D eigenvalue weighted by molar-refractivity contribution is 7.99. The molecule has 2 rings (SSSR count). The molecule has 0 bridgehead atoms. The molecule has 0 saturated carbocycles. The maximum atomic E-state index is 11.8. The smallest absolute Gasteiger partial charge is 0.225 e. The second-order valence-electron chi connectivity index (χ2n) is 3.83. The van der Waals surface area contributed by atoms with Gasteiger partial charge in [0.15, 0.2) is 0 Å². The third-order valence-electron chi connectivity index (χ3n) is 2.37. The summed E-state index contributed by atoms with van der Waals surface area (Å²) in [6.07, 6.45) is 0.320. The predicted octanol–water partition coefficient (Wildman–Crippen LogP) is 2.64. The summed E-state index contributed by atoms with van der Waals surface area (Å²) in [5.74, 6) is 0.426. The number of carbonyl (C=O) groups is 1. The van der Waals surface area contributed by atoms with Crippen LogP contribution in [-0.4, -0.2) is 31.9 Å². The fraction of sp³-hybridized carbons (Fsp3) is 0.273. The molecule has 6 nitrogen and oxygen atoms in total. The Morgan fingerprint density at radius 3 is 2.95 bits per heavy atom. The van der Waals surface area contributed by atoms with Crippen LogP contribution in [0.1, 0.15) is 6.42 Å². The van der Waals surface area contributed by atoms with Gasteiger partial charge in [0, 0.05) is 19.2 Å². The SMILES string of the molecule is Cn1nnnc1SCCC(=O)Nc1cccc(Cl)c1Cl. The van der Waals surface area contributed by atoms with E-state index in [4.69, 9.17) is 23.2 Å². The fourth-order valence-corrected chi connectivity index (χ4v) is 2.53. The normalized spacial score (nSPS) is 10.6. The molecule has 1 aromatic carbocycles. The Kier molecular flexibility index (Phi) is 5.22. The van der Waals surface area contributed by atoms with Crippen LogP contribution in [0.15, 0.2) is 23.4 Å². The summed E-state index contributed by atoms with van der Waals surface area (Å²) in [7, 11) is 1.74. The first-order valence-corrected chi connectivity index (χ1v) is 7.41. The maximum Gasteiger partial charge on any atom is 0.225 e. The third kappa shape index (κ3) is 3.84. The van der Waals surface area contributed by atoms with E-state index in [1.54, 1.807) is 29.9 Å². The Hall–Kier alpha value is -1.31. The van der Waals surface area contributed by atoms with Crippen molar-refractivity contribution in [2.24, 2.45) is 7.05 Å². The van der Waals surface area contributed by atoms with Crippen molar-refractivity contribution < 1.29 is 4.79 Å². The monoisotopic (exact) mass is 331 g/mol. The molecule has 9 heteroatoms. The highest BCUT2D eigenvalue weighted by Gasteiger charge is 2.09. The first kappa shape index (κ1) is 15.1. The molecule has 0 aliphatic heterocycles. The van der Waals surface area contributed by atoms with E-state index >= 15 is 0 Å². The van der Waals surface area contributed by atoms with Gasteiger partial charge in [0.25, 0.3) is 0 Å². The van der Waals surface area contributed by atoms with Gasteiger partial charge in [0.1, 0.15) is 0 Å². The molecule has 0 spiro atoms. The van der Waals surface area contributed by atoms with Crippen LogP contribution in [0, 0.1) is 0 Å². The van der Waals surface area contributed by atoms with Crippen molar-refractivity contribution in [3.63, 3.8) is 0 Å². The van der Waals surface area contributed by atoms with E-state index in [2.05, 4.69) is 20.8 Å². The molecule has 1 amide bonds. The van der Waals surface area contributed by atoms with Crippen molar-refractivity contribution in [1.29, 1.82) is 0 Å². The van der Waals surface area contributed by atoms with Gasteiger partial charge in [0.05, 0.1) is 15.7 Å². The lowest BCUT2D eigenvalue weighted by molar-refractivity contribution is -0.115. The van der Waals surface area contributed by atoms with Crippen LogP contribution in [0.3, 0.4) is 0 Å². The molecule has 1 N–H and O–H groups in total. The summed E-state index contributed by atoms with van der Waals surface area (Å²) >= 11 is 13.3. The molecule has 0 fully saturated rings. The number of benzene rings is 1. The van der Waals surface area contributed by atoms with Gasteiger partial charge in [-0.3, -0.25) is 4.79 Å². The van der Waals surface area contributed by atoms with E-state index in [0.717, 1.165) is 0 Å². The predicted molar refractivity (Wildman–Crippen MR) is 79.2 cm³/mol. The topological polar surface area (TPSA) is 72.7 Å². The lowest BCUT2D eigenvalue weighted by Gasteiger charge is -2.07. The van der Waals surface area contributed by atoms with Crippen molar-refractivity contribution >= 4 is 46.6 Å². The largest absolute Gasteiger partial charge is 0.325 e. The summed E-state index contributed by atoms with van der Waals surface area (Å²) in [6, 6.07) is 5.09. The van der Waals surface area contributed by atoms with Crippen LogP contribution in [-0.2, 0) is 11.8 Å². The average Bonchev–Trinajstić information content (AvgIpc) is 2.81. The van der Waals surface area contributed by atoms with Gasteiger partial charge in [-0.25, -0.2) is 4.68 Å². The van der Waals surface area contributed by atoms with Crippen LogP contribution in [0.25, 0.3) is 0 Å². The standard InChI is InChI=1S/C11H11Cl2N5OS/c1-18-11(15-16-17-18)20-6-5-9(19)14-8-4-2-3-7(12)10(8)13/h2-4H,5-6H2,1H3,(H,14,19). The van der Waals surface area contributed by atoms with Gasteiger partial charge in [0.2, 0.25) is 11.1 Å². The van der Waals surface area contributed by atoms with Gasteiger partial charge < -0.3 is 5.32 Å². The number of aromatic nitrogens is 4. The van der Waals surface area contributed by atoms with Gasteiger partial charge in [-0.15, -0.1) is 5.10 Å². The second kappa shape index (κ2) is 6.92. The molecule has 0 aliphatic carbocycles. The zero-order valence-electron chi connectivity index (χ0n) is 10.5. The lowest BCUT2D eigenvalue weighted by Crippen LogP contribution is -2.12. The summed E-state index contributed by atoms with van der Waals surface area (Å²) in [5, 5.41) is 15.2.